The summed E-state index contributed by atoms with van der Waals surface area (Å²) in [5.74, 6) is 0.0306. The molecular weight excluding hydrogens is 390 g/mol. The van der Waals surface area contributed by atoms with Crippen LogP contribution >= 0.6 is 0 Å². The Morgan fingerprint density at radius 3 is 2.26 bits per heavy atom. The fourth-order valence-corrected chi connectivity index (χ4v) is 4.66. The smallest absolute Gasteiger partial charge is 0.225 e. The van der Waals surface area contributed by atoms with Gasteiger partial charge in [0.15, 0.2) is 17.3 Å². The molecule has 0 spiro atoms. The molecule has 2 atom stereocenters. The first kappa shape index (κ1) is 21.2. The minimum Gasteiger partial charge on any atom is -0.504 e. The van der Waals surface area contributed by atoms with Crippen LogP contribution in [0.2, 0.25) is 0 Å². The minimum absolute atomic E-state index is 0.00760. The van der Waals surface area contributed by atoms with E-state index in [4.69, 9.17) is 4.74 Å². The first-order valence-electron chi connectivity index (χ1n) is 10.7. The molecule has 0 bridgehead atoms. The van der Waals surface area contributed by atoms with Crippen LogP contribution in [-0.2, 0) is 15.0 Å². The molecule has 4 rings (SSSR count). The van der Waals surface area contributed by atoms with Crippen LogP contribution in [0.5, 0.6) is 11.5 Å². The highest BCUT2D eigenvalue weighted by molar-refractivity contribution is 6.02. The summed E-state index contributed by atoms with van der Waals surface area (Å²) in [4.78, 5) is 25.7. The molecule has 2 unspecified atom stereocenters. The number of nitrogens with one attached hydrogen (secondary N) is 1. The SMILES string of the molecule is COc1ccc(C2CC(=O)NC3=C2C(=O)CC(c2ccc(C(C)(C)C)cc2)C3)cc1O. The predicted molar refractivity (Wildman–Crippen MR) is 119 cm³/mol. The van der Waals surface area contributed by atoms with Gasteiger partial charge in [-0.2, -0.15) is 0 Å². The maximum Gasteiger partial charge on any atom is 0.225 e. The number of rotatable bonds is 3. The van der Waals surface area contributed by atoms with Crippen LogP contribution in [0, 0.1) is 0 Å². The third kappa shape index (κ3) is 4.09. The number of Topliss-reactive ketones (excluding diaryl/α,β-unsaturated/α-hetero) is 1. The van der Waals surface area contributed by atoms with Crippen molar-refractivity contribution >= 4 is 11.7 Å². The standard InChI is InChI=1S/C26H29NO4/c1-26(2,3)18-8-5-15(6-9-18)17-11-20-25(22(29)13-17)19(14-24(30)27-20)16-7-10-23(31-4)21(28)12-16/h5-10,12,17,19,28H,11,13-14H2,1-4H3,(H,27,30). The van der Waals surface area contributed by atoms with Gasteiger partial charge >= 0.3 is 0 Å². The first-order chi connectivity index (χ1) is 14.7. The summed E-state index contributed by atoms with van der Waals surface area (Å²) in [5, 5.41) is 13.1. The summed E-state index contributed by atoms with van der Waals surface area (Å²) in [6, 6.07) is 13.6. The van der Waals surface area contributed by atoms with E-state index in [2.05, 4.69) is 50.4 Å². The van der Waals surface area contributed by atoms with Crippen LogP contribution in [0.3, 0.4) is 0 Å². The number of phenolic OH excluding ortho intramolecular Hbond substituents is 1. The quantitative estimate of drug-likeness (QED) is 0.756. The topological polar surface area (TPSA) is 75.6 Å². The highest BCUT2D eigenvalue weighted by atomic mass is 16.5. The summed E-state index contributed by atoms with van der Waals surface area (Å²) in [6.07, 6.45) is 1.24. The van der Waals surface area contributed by atoms with Crippen molar-refractivity contribution in [2.45, 2.75) is 57.3 Å². The Morgan fingerprint density at radius 2 is 1.65 bits per heavy atom. The van der Waals surface area contributed by atoms with Crippen molar-refractivity contribution < 1.29 is 19.4 Å². The van der Waals surface area contributed by atoms with Crippen LogP contribution in [-0.4, -0.2) is 23.9 Å². The van der Waals surface area contributed by atoms with Crippen molar-refractivity contribution in [3.63, 3.8) is 0 Å². The lowest BCUT2D eigenvalue weighted by Crippen LogP contribution is -2.38. The highest BCUT2D eigenvalue weighted by Crippen LogP contribution is 2.44. The summed E-state index contributed by atoms with van der Waals surface area (Å²) in [6.45, 7) is 6.54. The van der Waals surface area contributed by atoms with Crippen molar-refractivity contribution in [2.75, 3.05) is 7.11 Å². The number of hydrogen-bond donors (Lipinski definition) is 2. The van der Waals surface area contributed by atoms with Gasteiger partial charge in [-0.15, -0.1) is 0 Å². The lowest BCUT2D eigenvalue weighted by atomic mass is 9.73. The van der Waals surface area contributed by atoms with Gasteiger partial charge in [-0.05, 0) is 46.6 Å². The second-order valence-electron chi connectivity index (χ2n) is 9.53. The average molecular weight is 420 g/mol. The average Bonchev–Trinajstić information content (AvgIpc) is 2.72. The molecule has 2 aromatic rings. The number of carbonyl (C=O) groups is 2. The molecule has 1 aliphatic carbocycles. The number of ether oxygens (including phenoxy) is 1. The van der Waals surface area contributed by atoms with E-state index in [1.807, 2.05) is 6.07 Å². The molecule has 2 aliphatic rings. The number of hydrogen-bond acceptors (Lipinski definition) is 4. The fourth-order valence-electron chi connectivity index (χ4n) is 4.66. The predicted octanol–water partition coefficient (Wildman–Crippen LogP) is 4.70. The molecule has 162 valence electrons. The Kier molecular flexibility index (Phi) is 5.38. The highest BCUT2D eigenvalue weighted by Gasteiger charge is 2.38. The maximum absolute atomic E-state index is 13.2. The normalized spacial score (nSPS) is 21.5. The van der Waals surface area contributed by atoms with E-state index < -0.39 is 0 Å². The van der Waals surface area contributed by atoms with Crippen molar-refractivity contribution in [2.24, 2.45) is 0 Å². The molecule has 2 aromatic carbocycles. The number of phenols is 1. The van der Waals surface area contributed by atoms with Gasteiger partial charge in [0.05, 0.1) is 7.11 Å². The molecule has 5 heteroatoms. The molecule has 1 amide bonds. The molecule has 0 saturated heterocycles. The van der Waals surface area contributed by atoms with Crippen LogP contribution in [0.15, 0.2) is 53.7 Å². The molecule has 31 heavy (non-hydrogen) atoms. The first-order valence-corrected chi connectivity index (χ1v) is 10.7. The van der Waals surface area contributed by atoms with E-state index in [1.54, 1.807) is 12.1 Å². The number of carbonyl (C=O) groups excluding carboxylic acids is 2. The second-order valence-corrected chi connectivity index (χ2v) is 9.53. The molecule has 0 aromatic heterocycles. The molecular formula is C26H29NO4. The minimum atomic E-state index is -0.350. The van der Waals surface area contributed by atoms with Gasteiger partial charge in [-0.3, -0.25) is 9.59 Å². The number of ketones is 1. The Bertz CT molecular complexity index is 1060. The third-order valence-electron chi connectivity index (χ3n) is 6.39. The molecule has 1 heterocycles. The van der Waals surface area contributed by atoms with Crippen LogP contribution < -0.4 is 10.1 Å². The van der Waals surface area contributed by atoms with Crippen LogP contribution in [0.1, 0.15) is 68.6 Å². The van der Waals surface area contributed by atoms with Crippen LogP contribution in [0.25, 0.3) is 0 Å². The number of aromatic hydroxyl groups is 1. The maximum atomic E-state index is 13.2. The van der Waals surface area contributed by atoms with Gasteiger partial charge in [0.2, 0.25) is 5.91 Å². The van der Waals surface area contributed by atoms with Gasteiger partial charge in [-0.25, -0.2) is 0 Å². The summed E-state index contributed by atoms with van der Waals surface area (Å²) >= 11 is 0. The molecule has 1 aliphatic heterocycles. The third-order valence-corrected chi connectivity index (χ3v) is 6.39. The number of benzene rings is 2. The summed E-state index contributed by atoms with van der Waals surface area (Å²) in [5.41, 5.74) is 4.59. The van der Waals surface area contributed by atoms with Crippen molar-refractivity contribution in [1.82, 2.24) is 5.32 Å². The second kappa shape index (κ2) is 7.88. The van der Waals surface area contributed by atoms with E-state index >= 15 is 0 Å². The number of methoxy groups -OCH3 is 1. The number of allylic oxidation sites excluding steroid dienone is 2. The Balaban J connectivity index is 1.66. The Morgan fingerprint density at radius 1 is 0.968 bits per heavy atom. The van der Waals surface area contributed by atoms with Gasteiger partial charge in [0.1, 0.15) is 0 Å². The fraction of sp³-hybridized carbons (Fsp3) is 0.385. The van der Waals surface area contributed by atoms with Crippen molar-refractivity contribution in [1.29, 1.82) is 0 Å². The molecule has 0 saturated carbocycles. The summed E-state index contributed by atoms with van der Waals surface area (Å²) < 4.78 is 5.12. The van der Waals surface area contributed by atoms with Crippen molar-refractivity contribution in [3.8, 4) is 11.5 Å². The molecule has 0 fully saturated rings. The zero-order chi connectivity index (χ0) is 22.3. The number of amides is 1. The largest absolute Gasteiger partial charge is 0.504 e. The summed E-state index contributed by atoms with van der Waals surface area (Å²) in [7, 11) is 1.49. The molecule has 0 radical (unpaired) electrons. The Hall–Kier alpha value is -3.08. The van der Waals surface area contributed by atoms with Gasteiger partial charge in [-0.1, -0.05) is 51.1 Å². The van der Waals surface area contributed by atoms with Gasteiger partial charge in [0, 0.05) is 30.0 Å². The van der Waals surface area contributed by atoms with Gasteiger partial charge < -0.3 is 15.2 Å². The van der Waals surface area contributed by atoms with E-state index in [0.717, 1.165) is 16.8 Å². The van der Waals surface area contributed by atoms with Crippen LogP contribution in [0.4, 0.5) is 0 Å². The molecule has 5 nitrogen and oxygen atoms in total. The van der Waals surface area contributed by atoms with E-state index in [-0.39, 0.29) is 41.1 Å². The zero-order valence-electron chi connectivity index (χ0n) is 18.5. The Labute approximate surface area is 183 Å². The van der Waals surface area contributed by atoms with E-state index in [9.17, 15) is 14.7 Å². The monoisotopic (exact) mass is 419 g/mol. The molecule has 2 N–H and O–H groups in total. The van der Waals surface area contributed by atoms with Crippen molar-refractivity contribution in [3.05, 3.63) is 70.4 Å². The van der Waals surface area contributed by atoms with E-state index in [1.165, 1.54) is 12.7 Å². The lowest BCUT2D eigenvalue weighted by Gasteiger charge is -2.34. The lowest BCUT2D eigenvalue weighted by molar-refractivity contribution is -0.122. The van der Waals surface area contributed by atoms with Gasteiger partial charge in [0.25, 0.3) is 0 Å². The van der Waals surface area contributed by atoms with E-state index in [0.29, 0.717) is 24.2 Å². The zero-order valence-corrected chi connectivity index (χ0v) is 18.5.